The lowest BCUT2D eigenvalue weighted by molar-refractivity contribution is 0.0733. The zero-order valence-electron chi connectivity index (χ0n) is 11.6. The zero-order valence-corrected chi connectivity index (χ0v) is 11.6. The van der Waals surface area contributed by atoms with Crippen LogP contribution in [-0.4, -0.2) is 11.0 Å². The van der Waals surface area contributed by atoms with E-state index in [0.717, 1.165) is 11.1 Å². The van der Waals surface area contributed by atoms with Gasteiger partial charge < -0.3 is 9.15 Å². The summed E-state index contributed by atoms with van der Waals surface area (Å²) in [4.78, 5) is 25.8. The lowest BCUT2D eigenvalue weighted by Gasteiger charge is -2.08. The van der Waals surface area contributed by atoms with Crippen LogP contribution in [0, 0.1) is 13.8 Å². The van der Waals surface area contributed by atoms with Gasteiger partial charge in [0, 0.05) is 0 Å². The van der Waals surface area contributed by atoms with Gasteiger partial charge in [-0.25, -0.2) is 9.59 Å². The van der Waals surface area contributed by atoms with Gasteiger partial charge in [-0.05, 0) is 43.7 Å². The molecule has 106 valence electrons. The van der Waals surface area contributed by atoms with Crippen LogP contribution >= 0.6 is 0 Å². The third-order valence-electron chi connectivity index (χ3n) is 3.19. The van der Waals surface area contributed by atoms with E-state index in [-0.39, 0.29) is 0 Å². The van der Waals surface area contributed by atoms with E-state index in [4.69, 9.17) is 9.15 Å². The summed E-state index contributed by atoms with van der Waals surface area (Å²) in [5.41, 5.74) is 3.21. The van der Waals surface area contributed by atoms with Crippen molar-refractivity contribution >= 4 is 17.1 Å². The van der Waals surface area contributed by atoms with Crippen molar-refractivity contribution < 1.29 is 13.9 Å². The molecule has 0 saturated heterocycles. The van der Waals surface area contributed by atoms with Crippen LogP contribution in [0.5, 0.6) is 5.75 Å². The molecule has 0 saturated carbocycles. The maximum absolute atomic E-state index is 12.2. The number of nitrogens with one attached hydrogen (secondary N) is 1. The van der Waals surface area contributed by atoms with E-state index < -0.39 is 11.7 Å². The monoisotopic (exact) mass is 283 g/mol. The number of carbonyl (C=O) groups is 1. The largest absolute Gasteiger partial charge is 0.423 e. The van der Waals surface area contributed by atoms with Crippen molar-refractivity contribution in [2.75, 3.05) is 0 Å². The van der Waals surface area contributed by atoms with Gasteiger partial charge in [-0.1, -0.05) is 17.7 Å². The summed E-state index contributed by atoms with van der Waals surface area (Å²) < 4.78 is 10.3. The number of hydrogen-bond acceptors (Lipinski definition) is 4. The maximum atomic E-state index is 12.2. The van der Waals surface area contributed by atoms with Crippen molar-refractivity contribution in [1.82, 2.24) is 4.98 Å². The summed E-state index contributed by atoms with van der Waals surface area (Å²) in [7, 11) is 0. The number of esters is 1. The van der Waals surface area contributed by atoms with Crippen LogP contribution in [0.2, 0.25) is 0 Å². The number of aromatic amines is 1. The smallest absolute Gasteiger partial charge is 0.417 e. The predicted octanol–water partition coefficient (Wildman–Crippen LogP) is 2.96. The van der Waals surface area contributed by atoms with E-state index in [0.29, 0.717) is 22.4 Å². The Morgan fingerprint density at radius 1 is 1.14 bits per heavy atom. The van der Waals surface area contributed by atoms with Crippen molar-refractivity contribution in [2.45, 2.75) is 13.8 Å². The summed E-state index contributed by atoms with van der Waals surface area (Å²) >= 11 is 0. The van der Waals surface area contributed by atoms with Crippen molar-refractivity contribution in [2.24, 2.45) is 0 Å². The van der Waals surface area contributed by atoms with Crippen LogP contribution < -0.4 is 10.5 Å². The van der Waals surface area contributed by atoms with Gasteiger partial charge in [0.05, 0.1) is 11.1 Å². The molecule has 0 fully saturated rings. The SMILES string of the molecule is Cc1ccc(OC(=O)c2ccc3oc(=O)[nH]c3c2)c(C)c1. The predicted molar refractivity (Wildman–Crippen MR) is 77.7 cm³/mol. The first-order valence-electron chi connectivity index (χ1n) is 6.45. The topological polar surface area (TPSA) is 72.3 Å². The Kier molecular flexibility index (Phi) is 3.10. The van der Waals surface area contributed by atoms with Gasteiger partial charge in [0.25, 0.3) is 0 Å². The molecule has 21 heavy (non-hydrogen) atoms. The number of carbonyl (C=O) groups excluding carboxylic acids is 1. The van der Waals surface area contributed by atoms with Gasteiger partial charge in [0.1, 0.15) is 5.75 Å². The molecule has 3 aromatic rings. The number of H-pyrrole nitrogens is 1. The quantitative estimate of drug-likeness (QED) is 0.579. The lowest BCUT2D eigenvalue weighted by Crippen LogP contribution is -2.09. The van der Waals surface area contributed by atoms with Crippen LogP contribution in [0.4, 0.5) is 0 Å². The molecular formula is C16H13NO4. The van der Waals surface area contributed by atoms with Gasteiger partial charge >= 0.3 is 11.7 Å². The van der Waals surface area contributed by atoms with Crippen LogP contribution in [0.1, 0.15) is 21.5 Å². The normalized spacial score (nSPS) is 10.8. The number of hydrogen-bond donors (Lipinski definition) is 1. The molecule has 1 heterocycles. The average molecular weight is 283 g/mol. The molecule has 0 unspecified atom stereocenters. The van der Waals surface area contributed by atoms with Gasteiger partial charge in [0.15, 0.2) is 5.58 Å². The second-order valence-corrected chi connectivity index (χ2v) is 4.88. The van der Waals surface area contributed by atoms with Gasteiger partial charge in [-0.3, -0.25) is 4.98 Å². The molecule has 3 rings (SSSR count). The molecule has 0 atom stereocenters. The van der Waals surface area contributed by atoms with Crippen LogP contribution in [0.3, 0.4) is 0 Å². The van der Waals surface area contributed by atoms with Gasteiger partial charge in [-0.15, -0.1) is 0 Å². The minimum absolute atomic E-state index is 0.347. The summed E-state index contributed by atoms with van der Waals surface area (Å²) in [5.74, 6) is -0.512. The number of benzene rings is 2. The number of aromatic nitrogens is 1. The van der Waals surface area contributed by atoms with Gasteiger partial charge in [0.2, 0.25) is 0 Å². The number of aryl methyl sites for hydroxylation is 2. The average Bonchev–Trinajstić information content (AvgIpc) is 2.80. The maximum Gasteiger partial charge on any atom is 0.417 e. The Labute approximate surface area is 120 Å². The molecule has 0 amide bonds. The number of fused-ring (bicyclic) bond motifs is 1. The Hall–Kier alpha value is -2.82. The molecule has 5 heteroatoms. The fourth-order valence-electron chi connectivity index (χ4n) is 2.15. The first-order chi connectivity index (χ1) is 10.0. The van der Waals surface area contributed by atoms with E-state index in [1.807, 2.05) is 26.0 Å². The second-order valence-electron chi connectivity index (χ2n) is 4.88. The molecule has 0 spiro atoms. The Balaban J connectivity index is 1.91. The molecular weight excluding hydrogens is 270 g/mol. The fraction of sp³-hybridized carbons (Fsp3) is 0.125. The first kappa shape index (κ1) is 13.2. The van der Waals surface area contributed by atoms with E-state index in [1.165, 1.54) is 6.07 Å². The Bertz CT molecular complexity index is 889. The molecule has 1 N–H and O–H groups in total. The highest BCUT2D eigenvalue weighted by molar-refractivity contribution is 5.94. The highest BCUT2D eigenvalue weighted by atomic mass is 16.5. The second kappa shape index (κ2) is 4.94. The molecule has 0 radical (unpaired) electrons. The minimum Gasteiger partial charge on any atom is -0.423 e. The standard InChI is InChI=1S/C16H13NO4/c1-9-3-5-13(10(2)7-9)20-15(18)11-4-6-14-12(8-11)17-16(19)21-14/h3-8H,1-2H3,(H,17,19). The van der Waals surface area contributed by atoms with E-state index >= 15 is 0 Å². The minimum atomic E-state index is -0.551. The third-order valence-corrected chi connectivity index (χ3v) is 3.19. The number of rotatable bonds is 2. The van der Waals surface area contributed by atoms with Crippen LogP contribution in [0.25, 0.3) is 11.1 Å². The molecule has 0 aliphatic heterocycles. The molecule has 0 bridgehead atoms. The van der Waals surface area contributed by atoms with Crippen LogP contribution in [0.15, 0.2) is 45.6 Å². The molecule has 5 nitrogen and oxygen atoms in total. The molecule has 0 aliphatic carbocycles. The summed E-state index contributed by atoms with van der Waals surface area (Å²) in [6.07, 6.45) is 0. The third kappa shape index (κ3) is 2.58. The van der Waals surface area contributed by atoms with Crippen molar-refractivity contribution in [3.05, 3.63) is 63.6 Å². The van der Waals surface area contributed by atoms with Crippen LogP contribution in [-0.2, 0) is 0 Å². The van der Waals surface area contributed by atoms with E-state index in [9.17, 15) is 9.59 Å². The summed E-state index contributed by atoms with van der Waals surface area (Å²) in [6.45, 7) is 3.86. The van der Waals surface area contributed by atoms with E-state index in [1.54, 1.807) is 18.2 Å². The van der Waals surface area contributed by atoms with Crippen molar-refractivity contribution in [3.8, 4) is 5.75 Å². The highest BCUT2D eigenvalue weighted by Crippen LogP contribution is 2.21. The molecule has 1 aromatic heterocycles. The molecule has 2 aromatic carbocycles. The lowest BCUT2D eigenvalue weighted by atomic mass is 10.1. The van der Waals surface area contributed by atoms with Gasteiger partial charge in [-0.2, -0.15) is 0 Å². The number of oxazole rings is 1. The van der Waals surface area contributed by atoms with Crippen molar-refractivity contribution in [1.29, 1.82) is 0 Å². The first-order valence-corrected chi connectivity index (χ1v) is 6.45. The number of ether oxygens (including phenoxy) is 1. The zero-order chi connectivity index (χ0) is 15.0. The summed E-state index contributed by atoms with van der Waals surface area (Å²) in [5, 5.41) is 0. The highest BCUT2D eigenvalue weighted by Gasteiger charge is 2.12. The fourth-order valence-corrected chi connectivity index (χ4v) is 2.15. The Morgan fingerprint density at radius 2 is 1.95 bits per heavy atom. The summed E-state index contributed by atoms with van der Waals surface area (Å²) in [6, 6.07) is 10.2. The Morgan fingerprint density at radius 3 is 2.71 bits per heavy atom. The van der Waals surface area contributed by atoms with Crippen molar-refractivity contribution in [3.63, 3.8) is 0 Å². The van der Waals surface area contributed by atoms with E-state index in [2.05, 4.69) is 4.98 Å². The molecule has 0 aliphatic rings.